The van der Waals surface area contributed by atoms with Gasteiger partial charge in [0.25, 0.3) is 5.56 Å². The summed E-state index contributed by atoms with van der Waals surface area (Å²) in [6.45, 7) is 0.946. The third kappa shape index (κ3) is 3.47. The Bertz CT molecular complexity index is 856. The smallest absolute Gasteiger partial charge is 0.338 e. The molecule has 2 aromatic rings. The van der Waals surface area contributed by atoms with Gasteiger partial charge in [0, 0.05) is 37.5 Å². The Labute approximate surface area is 145 Å². The predicted molar refractivity (Wildman–Crippen MR) is 93.8 cm³/mol. The number of fused-ring (bicyclic) bond motifs is 1. The number of amides is 1. The van der Waals surface area contributed by atoms with Crippen LogP contribution in [0.5, 0.6) is 0 Å². The van der Waals surface area contributed by atoms with Crippen LogP contribution in [-0.4, -0.2) is 30.1 Å². The summed E-state index contributed by atoms with van der Waals surface area (Å²) in [5.41, 5.74) is 2.00. The summed E-state index contributed by atoms with van der Waals surface area (Å²) in [7, 11) is 1.35. The number of hydrogen-bond acceptors (Lipinski definition) is 4. The topological polar surface area (TPSA) is 68.6 Å². The molecule has 0 atom stereocenters. The number of rotatable bonds is 4. The number of anilines is 1. The average molecular weight is 340 g/mol. The van der Waals surface area contributed by atoms with Gasteiger partial charge in [0.2, 0.25) is 5.91 Å². The number of nitrogens with zero attached hydrogens (tertiary/aromatic N) is 2. The van der Waals surface area contributed by atoms with E-state index in [1.165, 1.54) is 17.7 Å². The van der Waals surface area contributed by atoms with Gasteiger partial charge in [-0.15, -0.1) is 0 Å². The average Bonchev–Trinajstić information content (AvgIpc) is 2.65. The molecule has 3 rings (SSSR count). The van der Waals surface area contributed by atoms with Gasteiger partial charge < -0.3 is 14.2 Å². The Morgan fingerprint density at radius 1 is 1.16 bits per heavy atom. The van der Waals surface area contributed by atoms with E-state index in [4.69, 9.17) is 4.74 Å². The van der Waals surface area contributed by atoms with Crippen LogP contribution in [-0.2, 0) is 22.5 Å². The van der Waals surface area contributed by atoms with Gasteiger partial charge in [0.15, 0.2) is 0 Å². The van der Waals surface area contributed by atoms with Crippen molar-refractivity contribution in [1.29, 1.82) is 0 Å². The molecule has 1 aromatic carbocycles. The molecule has 0 aliphatic carbocycles. The summed E-state index contributed by atoms with van der Waals surface area (Å²) < 4.78 is 6.36. The van der Waals surface area contributed by atoms with Crippen LogP contribution in [0.15, 0.2) is 47.4 Å². The molecule has 1 aliphatic rings. The van der Waals surface area contributed by atoms with Crippen LogP contribution in [0.25, 0.3) is 0 Å². The maximum absolute atomic E-state index is 12.7. The lowest BCUT2D eigenvalue weighted by atomic mass is 9.96. The molecular formula is C19H20N2O4. The molecule has 1 aromatic heterocycles. The van der Waals surface area contributed by atoms with Crippen LogP contribution >= 0.6 is 0 Å². The maximum Gasteiger partial charge on any atom is 0.338 e. The number of ether oxygens (including phenoxy) is 1. The summed E-state index contributed by atoms with van der Waals surface area (Å²) in [5, 5.41) is 0. The highest BCUT2D eigenvalue weighted by Gasteiger charge is 2.26. The van der Waals surface area contributed by atoms with E-state index >= 15 is 0 Å². The molecule has 6 heteroatoms. The highest BCUT2D eigenvalue weighted by molar-refractivity contribution is 5.98. The zero-order valence-electron chi connectivity index (χ0n) is 14.1. The van der Waals surface area contributed by atoms with Crippen LogP contribution < -0.4 is 10.5 Å². The molecule has 2 heterocycles. The highest BCUT2D eigenvalue weighted by atomic mass is 16.5. The molecule has 0 radical (unpaired) electrons. The van der Waals surface area contributed by atoms with E-state index in [0.29, 0.717) is 18.7 Å². The van der Waals surface area contributed by atoms with Crippen LogP contribution in [0.3, 0.4) is 0 Å². The number of esters is 1. The quantitative estimate of drug-likeness (QED) is 0.799. The van der Waals surface area contributed by atoms with E-state index < -0.39 is 0 Å². The van der Waals surface area contributed by atoms with E-state index in [9.17, 15) is 14.4 Å². The van der Waals surface area contributed by atoms with Crippen LogP contribution in [0.1, 0.15) is 28.8 Å². The molecule has 0 N–H and O–H groups in total. The molecule has 6 nitrogen and oxygen atoms in total. The van der Waals surface area contributed by atoms with Gasteiger partial charge in [0.1, 0.15) is 0 Å². The first-order chi connectivity index (χ1) is 12.1. The van der Waals surface area contributed by atoms with Crippen molar-refractivity contribution >= 4 is 17.6 Å². The Hall–Kier alpha value is -2.89. The molecule has 130 valence electrons. The number of carbonyl (C=O) groups excluding carboxylic acids is 2. The number of aromatic nitrogens is 1. The third-order valence-electron chi connectivity index (χ3n) is 4.42. The Balaban J connectivity index is 1.81. The second-order valence-corrected chi connectivity index (χ2v) is 5.93. The first-order valence-electron chi connectivity index (χ1n) is 8.28. The van der Waals surface area contributed by atoms with Crippen molar-refractivity contribution < 1.29 is 14.3 Å². The number of hydrogen-bond donors (Lipinski definition) is 0. The number of methoxy groups -OCH3 is 1. The van der Waals surface area contributed by atoms with Crippen molar-refractivity contribution in [3.05, 3.63) is 64.1 Å². The summed E-state index contributed by atoms with van der Waals surface area (Å²) in [5.74, 6) is -0.444. The minimum atomic E-state index is -0.387. The van der Waals surface area contributed by atoms with E-state index in [0.717, 1.165) is 24.1 Å². The lowest BCUT2D eigenvalue weighted by Gasteiger charge is -2.30. The molecule has 0 spiro atoms. The largest absolute Gasteiger partial charge is 0.465 e. The van der Waals surface area contributed by atoms with Crippen molar-refractivity contribution in [2.45, 2.75) is 25.8 Å². The van der Waals surface area contributed by atoms with Crippen LogP contribution in [0.2, 0.25) is 0 Å². The van der Waals surface area contributed by atoms with Gasteiger partial charge in [0.05, 0.1) is 12.7 Å². The standard InChI is InChI=1S/C19H20N2O4/c1-25-19(24)15-6-4-8-16-14(15)7-5-12-21(16)18(23)10-13-20-11-3-2-9-17(20)22/h2-4,6,8-9,11H,5,7,10,12-13H2,1H3. The maximum atomic E-state index is 12.7. The SMILES string of the molecule is COC(=O)c1cccc2c1CCCN2C(=O)CCn1ccccc1=O. The second kappa shape index (κ2) is 7.34. The van der Waals surface area contributed by atoms with E-state index in [1.807, 2.05) is 6.07 Å². The van der Waals surface area contributed by atoms with Gasteiger partial charge in [-0.25, -0.2) is 4.79 Å². The highest BCUT2D eigenvalue weighted by Crippen LogP contribution is 2.30. The molecule has 1 amide bonds. The van der Waals surface area contributed by atoms with Gasteiger partial charge in [-0.3, -0.25) is 9.59 Å². The van der Waals surface area contributed by atoms with E-state index in [2.05, 4.69) is 0 Å². The van der Waals surface area contributed by atoms with E-state index in [1.54, 1.807) is 35.4 Å². The Morgan fingerprint density at radius 3 is 2.76 bits per heavy atom. The summed E-state index contributed by atoms with van der Waals surface area (Å²) >= 11 is 0. The molecule has 25 heavy (non-hydrogen) atoms. The Morgan fingerprint density at radius 2 is 2.00 bits per heavy atom. The van der Waals surface area contributed by atoms with Gasteiger partial charge in [-0.05, 0) is 36.6 Å². The zero-order valence-corrected chi connectivity index (χ0v) is 14.1. The fourth-order valence-electron chi connectivity index (χ4n) is 3.18. The Kier molecular flexibility index (Phi) is 4.97. The minimum absolute atomic E-state index is 0.0567. The van der Waals surface area contributed by atoms with E-state index in [-0.39, 0.29) is 23.9 Å². The third-order valence-corrected chi connectivity index (χ3v) is 4.42. The fraction of sp³-hybridized carbons (Fsp3) is 0.316. The van der Waals surface area contributed by atoms with Crippen LogP contribution in [0.4, 0.5) is 5.69 Å². The fourth-order valence-corrected chi connectivity index (χ4v) is 3.18. The van der Waals surface area contributed by atoms with Crippen molar-refractivity contribution in [2.75, 3.05) is 18.6 Å². The summed E-state index contributed by atoms with van der Waals surface area (Å²) in [6, 6.07) is 10.3. The normalized spacial score (nSPS) is 13.2. The van der Waals surface area contributed by atoms with Crippen molar-refractivity contribution in [3.8, 4) is 0 Å². The minimum Gasteiger partial charge on any atom is -0.465 e. The molecule has 0 saturated carbocycles. The van der Waals surface area contributed by atoms with Crippen molar-refractivity contribution in [1.82, 2.24) is 4.57 Å². The number of aryl methyl sites for hydroxylation is 1. The molecule has 0 saturated heterocycles. The molecule has 0 fully saturated rings. The molecule has 0 bridgehead atoms. The number of benzene rings is 1. The zero-order chi connectivity index (χ0) is 17.8. The lowest BCUT2D eigenvalue weighted by molar-refractivity contribution is -0.118. The van der Waals surface area contributed by atoms with Gasteiger partial charge in [-0.1, -0.05) is 12.1 Å². The second-order valence-electron chi connectivity index (χ2n) is 5.93. The van der Waals surface area contributed by atoms with Crippen LogP contribution in [0, 0.1) is 0 Å². The van der Waals surface area contributed by atoms with Gasteiger partial charge in [-0.2, -0.15) is 0 Å². The molecule has 0 unspecified atom stereocenters. The monoisotopic (exact) mass is 340 g/mol. The van der Waals surface area contributed by atoms with Crippen molar-refractivity contribution in [3.63, 3.8) is 0 Å². The first kappa shape index (κ1) is 17.0. The van der Waals surface area contributed by atoms with Gasteiger partial charge >= 0.3 is 5.97 Å². The predicted octanol–water partition coefficient (Wildman–Crippen LogP) is 2.00. The molecular weight excluding hydrogens is 320 g/mol. The lowest BCUT2D eigenvalue weighted by Crippen LogP contribution is -2.37. The number of pyridine rings is 1. The molecule has 1 aliphatic heterocycles. The summed E-state index contributed by atoms with van der Waals surface area (Å²) in [6.07, 6.45) is 3.43. The first-order valence-corrected chi connectivity index (χ1v) is 8.28. The number of carbonyl (C=O) groups is 2. The van der Waals surface area contributed by atoms with Crippen molar-refractivity contribution in [2.24, 2.45) is 0 Å². The summed E-state index contributed by atoms with van der Waals surface area (Å²) in [4.78, 5) is 38.1.